The molecule has 0 aliphatic heterocycles. The number of nitrogens with one attached hydrogen (secondary N) is 1. The molecular formula is C15H15F3N2O4S2. The Morgan fingerprint density at radius 1 is 0.923 bits per heavy atom. The van der Waals surface area contributed by atoms with Gasteiger partial charge in [-0.25, -0.2) is 26.7 Å². The molecule has 0 bridgehead atoms. The molecule has 0 aliphatic carbocycles. The number of nitrogens with two attached hydrogens (primary N) is 1. The van der Waals surface area contributed by atoms with Gasteiger partial charge in [-0.1, -0.05) is 18.2 Å². The Labute approximate surface area is 148 Å². The second-order valence-corrected chi connectivity index (χ2v) is 8.69. The van der Waals surface area contributed by atoms with Crippen LogP contribution in [0.4, 0.5) is 13.2 Å². The highest BCUT2D eigenvalue weighted by Gasteiger charge is 2.31. The van der Waals surface area contributed by atoms with Gasteiger partial charge < -0.3 is 0 Å². The first-order chi connectivity index (χ1) is 11.9. The summed E-state index contributed by atoms with van der Waals surface area (Å²) in [6.07, 6.45) is -4.43. The molecule has 0 heterocycles. The van der Waals surface area contributed by atoms with Crippen LogP contribution in [-0.2, 0) is 32.6 Å². The molecule has 0 amide bonds. The van der Waals surface area contributed by atoms with Gasteiger partial charge >= 0.3 is 6.18 Å². The van der Waals surface area contributed by atoms with Crippen molar-refractivity contribution in [3.63, 3.8) is 0 Å². The number of hydrogen-bond donors (Lipinski definition) is 2. The molecule has 0 fully saturated rings. The average molecular weight is 408 g/mol. The lowest BCUT2D eigenvalue weighted by Crippen LogP contribution is -2.26. The molecule has 0 aliphatic rings. The van der Waals surface area contributed by atoms with Gasteiger partial charge in [0.05, 0.1) is 15.4 Å². The summed E-state index contributed by atoms with van der Waals surface area (Å²) in [6.45, 7) is -0.0761. The van der Waals surface area contributed by atoms with Crippen molar-refractivity contribution >= 4 is 20.0 Å². The van der Waals surface area contributed by atoms with Crippen molar-refractivity contribution in [3.8, 4) is 0 Å². The highest BCUT2D eigenvalue weighted by atomic mass is 32.2. The topological polar surface area (TPSA) is 106 Å². The maximum Gasteiger partial charge on any atom is 0.416 e. The number of hydrogen-bond acceptors (Lipinski definition) is 4. The molecule has 0 unspecified atom stereocenters. The molecule has 6 nitrogen and oxygen atoms in total. The van der Waals surface area contributed by atoms with Crippen LogP contribution in [0.5, 0.6) is 0 Å². The molecule has 0 atom stereocenters. The van der Waals surface area contributed by atoms with E-state index in [0.717, 1.165) is 18.2 Å². The molecule has 0 radical (unpaired) electrons. The lowest BCUT2D eigenvalue weighted by atomic mass is 10.2. The molecule has 2 aromatic carbocycles. The summed E-state index contributed by atoms with van der Waals surface area (Å²) >= 11 is 0. The Kier molecular flexibility index (Phi) is 5.76. The largest absolute Gasteiger partial charge is 0.416 e. The molecule has 0 spiro atoms. The number of benzene rings is 2. The Bertz CT molecular complexity index is 986. The third kappa shape index (κ3) is 5.27. The van der Waals surface area contributed by atoms with E-state index in [1.54, 1.807) is 0 Å². The molecule has 0 saturated heterocycles. The third-order valence-corrected chi connectivity index (χ3v) is 5.82. The fourth-order valence-electron chi connectivity index (χ4n) is 2.10. The predicted molar refractivity (Wildman–Crippen MR) is 88.2 cm³/mol. The molecule has 142 valence electrons. The standard InChI is InChI=1S/C15H15F3N2O4S2/c16-15(17,18)12-2-1-3-14(10-12)26(23,24)20-9-8-11-4-6-13(7-5-11)25(19,21)22/h1-7,10,20H,8-9H2,(H2,19,21,22). The summed E-state index contributed by atoms with van der Waals surface area (Å²) in [5.41, 5.74) is -0.428. The van der Waals surface area contributed by atoms with Crippen molar-refractivity contribution in [3.05, 3.63) is 59.7 Å². The lowest BCUT2D eigenvalue weighted by Gasteiger charge is -2.10. The van der Waals surface area contributed by atoms with Crippen LogP contribution >= 0.6 is 0 Å². The van der Waals surface area contributed by atoms with Gasteiger partial charge in [0.25, 0.3) is 0 Å². The molecule has 11 heteroatoms. The maximum atomic E-state index is 12.7. The van der Waals surface area contributed by atoms with E-state index in [2.05, 4.69) is 4.72 Å². The summed E-state index contributed by atoms with van der Waals surface area (Å²) < 4.78 is 86.8. The Morgan fingerprint density at radius 2 is 1.54 bits per heavy atom. The number of primary sulfonamides is 1. The van der Waals surface area contributed by atoms with E-state index in [4.69, 9.17) is 5.14 Å². The minimum atomic E-state index is -4.64. The van der Waals surface area contributed by atoms with Crippen LogP contribution in [0.2, 0.25) is 0 Å². The van der Waals surface area contributed by atoms with Crippen LogP contribution in [0.25, 0.3) is 0 Å². The highest BCUT2D eigenvalue weighted by molar-refractivity contribution is 7.89. The Morgan fingerprint density at radius 3 is 2.08 bits per heavy atom. The zero-order valence-electron chi connectivity index (χ0n) is 13.2. The maximum absolute atomic E-state index is 12.7. The lowest BCUT2D eigenvalue weighted by molar-refractivity contribution is -0.137. The summed E-state index contributed by atoms with van der Waals surface area (Å²) in [4.78, 5) is -0.567. The molecular weight excluding hydrogens is 393 g/mol. The van der Waals surface area contributed by atoms with Crippen molar-refractivity contribution in [1.82, 2.24) is 4.72 Å². The van der Waals surface area contributed by atoms with Gasteiger partial charge in [-0.15, -0.1) is 0 Å². The first kappa shape index (κ1) is 20.4. The van der Waals surface area contributed by atoms with Crippen molar-refractivity contribution in [2.45, 2.75) is 22.4 Å². The number of sulfonamides is 2. The summed E-state index contributed by atoms with van der Waals surface area (Å²) in [7, 11) is -7.93. The van der Waals surface area contributed by atoms with Crippen molar-refractivity contribution in [1.29, 1.82) is 0 Å². The number of alkyl halides is 3. The van der Waals surface area contributed by atoms with Gasteiger partial charge in [0.15, 0.2) is 0 Å². The SMILES string of the molecule is NS(=O)(=O)c1ccc(CCNS(=O)(=O)c2cccc(C(F)(F)F)c2)cc1. The van der Waals surface area contributed by atoms with Crippen LogP contribution in [0.3, 0.4) is 0 Å². The van der Waals surface area contributed by atoms with Crippen LogP contribution in [0.1, 0.15) is 11.1 Å². The van der Waals surface area contributed by atoms with Gasteiger partial charge in [0, 0.05) is 6.54 Å². The quantitative estimate of drug-likeness (QED) is 0.761. The summed E-state index contributed by atoms with van der Waals surface area (Å²) in [6, 6.07) is 8.94. The van der Waals surface area contributed by atoms with Gasteiger partial charge in [-0.2, -0.15) is 13.2 Å². The average Bonchev–Trinajstić information content (AvgIpc) is 2.54. The van der Waals surface area contributed by atoms with E-state index in [-0.39, 0.29) is 17.9 Å². The predicted octanol–water partition coefficient (Wildman–Crippen LogP) is 1.87. The van der Waals surface area contributed by atoms with Crippen molar-refractivity contribution in [2.75, 3.05) is 6.54 Å². The normalized spacial score (nSPS) is 12.9. The van der Waals surface area contributed by atoms with Crippen LogP contribution in [-0.4, -0.2) is 23.4 Å². The first-order valence-electron chi connectivity index (χ1n) is 7.18. The van der Waals surface area contributed by atoms with E-state index in [9.17, 15) is 30.0 Å². The molecule has 2 aromatic rings. The Hall–Kier alpha value is -1.95. The second-order valence-electron chi connectivity index (χ2n) is 5.36. The van der Waals surface area contributed by atoms with E-state index < -0.39 is 36.7 Å². The van der Waals surface area contributed by atoms with E-state index in [0.29, 0.717) is 11.6 Å². The number of rotatable bonds is 6. The minimum Gasteiger partial charge on any atom is -0.225 e. The van der Waals surface area contributed by atoms with E-state index >= 15 is 0 Å². The zero-order chi connectivity index (χ0) is 19.6. The molecule has 0 aromatic heterocycles. The van der Waals surface area contributed by atoms with Crippen LogP contribution in [0, 0.1) is 0 Å². The molecule has 2 rings (SSSR count). The van der Waals surface area contributed by atoms with E-state index in [1.807, 2.05) is 0 Å². The zero-order valence-corrected chi connectivity index (χ0v) is 14.8. The van der Waals surface area contributed by atoms with Gasteiger partial charge in [0.1, 0.15) is 0 Å². The Balaban J connectivity index is 2.05. The minimum absolute atomic E-state index is 0.0761. The fourth-order valence-corrected chi connectivity index (χ4v) is 3.69. The molecule has 3 N–H and O–H groups in total. The number of halogens is 3. The van der Waals surface area contributed by atoms with Crippen LogP contribution in [0.15, 0.2) is 58.3 Å². The van der Waals surface area contributed by atoms with Gasteiger partial charge in [-0.3, -0.25) is 0 Å². The first-order valence-corrected chi connectivity index (χ1v) is 10.2. The van der Waals surface area contributed by atoms with Crippen molar-refractivity contribution in [2.24, 2.45) is 5.14 Å². The summed E-state index contributed by atoms with van der Waals surface area (Å²) in [5.74, 6) is 0. The third-order valence-electron chi connectivity index (χ3n) is 3.43. The molecule has 26 heavy (non-hydrogen) atoms. The molecule has 0 saturated carbocycles. The van der Waals surface area contributed by atoms with Crippen LogP contribution < -0.4 is 9.86 Å². The smallest absolute Gasteiger partial charge is 0.225 e. The summed E-state index contributed by atoms with van der Waals surface area (Å²) in [5, 5.41) is 4.97. The second kappa shape index (κ2) is 7.35. The van der Waals surface area contributed by atoms with E-state index in [1.165, 1.54) is 24.3 Å². The monoisotopic (exact) mass is 408 g/mol. The highest BCUT2D eigenvalue weighted by Crippen LogP contribution is 2.30. The van der Waals surface area contributed by atoms with Crippen molar-refractivity contribution < 1.29 is 30.0 Å². The fraction of sp³-hybridized carbons (Fsp3) is 0.200. The van der Waals surface area contributed by atoms with Gasteiger partial charge in [0.2, 0.25) is 20.0 Å². The van der Waals surface area contributed by atoms with Gasteiger partial charge in [-0.05, 0) is 42.3 Å².